The van der Waals surface area contributed by atoms with Gasteiger partial charge in [-0.2, -0.15) is 0 Å². The van der Waals surface area contributed by atoms with Crippen LogP contribution in [0, 0.1) is 13.8 Å². The minimum absolute atomic E-state index is 0.0764. The van der Waals surface area contributed by atoms with Gasteiger partial charge in [-0.3, -0.25) is 9.59 Å². The second-order valence-electron chi connectivity index (χ2n) is 7.11. The number of carbonyl (C=O) groups excluding carboxylic acids is 3. The van der Waals surface area contributed by atoms with Crippen LogP contribution in [0.4, 0.5) is 5.69 Å². The molecule has 7 heteroatoms. The maximum atomic E-state index is 12.6. The molecule has 0 radical (unpaired) electrons. The van der Waals surface area contributed by atoms with Gasteiger partial charge in [0, 0.05) is 40.1 Å². The van der Waals surface area contributed by atoms with E-state index in [0.29, 0.717) is 29.0 Å². The molecule has 0 fully saturated rings. The largest absolute Gasteiger partial charge is 0.454 e. The summed E-state index contributed by atoms with van der Waals surface area (Å²) in [5, 5.41) is 2.80. The fourth-order valence-corrected chi connectivity index (χ4v) is 4.43. The quantitative estimate of drug-likeness (QED) is 0.602. The van der Waals surface area contributed by atoms with Gasteiger partial charge in [0.15, 0.2) is 6.61 Å². The Morgan fingerprint density at radius 3 is 2.68 bits per heavy atom. The number of hydrogen-bond acceptors (Lipinski definition) is 5. The highest BCUT2D eigenvalue weighted by Gasteiger charge is 2.20. The van der Waals surface area contributed by atoms with Crippen molar-refractivity contribution in [3.05, 3.63) is 46.8 Å². The Balaban J connectivity index is 1.70. The highest BCUT2D eigenvalue weighted by atomic mass is 32.2. The van der Waals surface area contributed by atoms with Gasteiger partial charge in [0.1, 0.15) is 0 Å². The van der Waals surface area contributed by atoms with Crippen LogP contribution >= 0.6 is 11.8 Å². The third kappa shape index (κ3) is 4.14. The average Bonchev–Trinajstić information content (AvgIpc) is 2.82. The lowest BCUT2D eigenvalue weighted by Gasteiger charge is -2.13. The smallest absolute Gasteiger partial charge is 0.338 e. The molecule has 0 saturated carbocycles. The number of rotatable bonds is 5. The summed E-state index contributed by atoms with van der Waals surface area (Å²) in [6.45, 7) is 7.65. The molecule has 1 N–H and O–H groups in total. The molecule has 148 valence electrons. The molecule has 2 heterocycles. The summed E-state index contributed by atoms with van der Waals surface area (Å²) < 4.78 is 7.33. The number of aromatic nitrogens is 1. The molecule has 0 spiro atoms. The van der Waals surface area contributed by atoms with Crippen LogP contribution < -0.4 is 5.32 Å². The van der Waals surface area contributed by atoms with Crippen molar-refractivity contribution in [2.45, 2.75) is 45.1 Å². The van der Waals surface area contributed by atoms with Crippen molar-refractivity contribution in [3.63, 3.8) is 0 Å². The van der Waals surface area contributed by atoms with E-state index < -0.39 is 5.97 Å². The molecule has 0 atom stereocenters. The third-order valence-corrected chi connectivity index (χ3v) is 5.79. The summed E-state index contributed by atoms with van der Waals surface area (Å²) in [4.78, 5) is 37.6. The molecule has 1 aromatic heterocycles. The number of nitrogens with one attached hydrogen (secondary N) is 1. The number of fused-ring (bicyclic) bond motifs is 1. The molecule has 1 aliphatic heterocycles. The van der Waals surface area contributed by atoms with Gasteiger partial charge in [0.2, 0.25) is 11.7 Å². The summed E-state index contributed by atoms with van der Waals surface area (Å²) in [5.74, 6) is -0.192. The van der Waals surface area contributed by atoms with Gasteiger partial charge in [0.25, 0.3) is 0 Å². The number of amides is 1. The number of Topliss-reactive ketones (excluding diaryl/α,β-unsaturated/α-hetero) is 1. The SMILES string of the molecule is Cc1cc(C(=O)COC(=O)c2ccc3c(c2)NC(=O)CCS3)c(C)n1C(C)C. The molecule has 1 aliphatic rings. The van der Waals surface area contributed by atoms with Crippen molar-refractivity contribution in [3.8, 4) is 0 Å². The minimum atomic E-state index is -0.586. The van der Waals surface area contributed by atoms with Crippen LogP contribution in [0.2, 0.25) is 0 Å². The number of nitrogens with zero attached hydrogens (tertiary/aromatic N) is 1. The minimum Gasteiger partial charge on any atom is -0.454 e. The predicted octanol–water partition coefficient (Wildman–Crippen LogP) is 4.16. The number of hydrogen-bond donors (Lipinski definition) is 1. The highest BCUT2D eigenvalue weighted by molar-refractivity contribution is 7.99. The van der Waals surface area contributed by atoms with Crippen molar-refractivity contribution in [2.24, 2.45) is 0 Å². The van der Waals surface area contributed by atoms with E-state index in [1.165, 1.54) is 0 Å². The van der Waals surface area contributed by atoms with E-state index in [1.807, 2.05) is 19.9 Å². The first kappa shape index (κ1) is 20.2. The van der Waals surface area contributed by atoms with Crippen LogP contribution in [-0.2, 0) is 9.53 Å². The van der Waals surface area contributed by atoms with Gasteiger partial charge >= 0.3 is 5.97 Å². The second kappa shape index (κ2) is 8.22. The Morgan fingerprint density at radius 2 is 2.00 bits per heavy atom. The zero-order valence-corrected chi connectivity index (χ0v) is 17.3. The molecular weight excluding hydrogens is 376 g/mol. The van der Waals surface area contributed by atoms with E-state index in [0.717, 1.165) is 16.3 Å². The molecule has 0 saturated heterocycles. The molecule has 0 unspecified atom stereocenters. The number of anilines is 1. The Morgan fingerprint density at radius 1 is 1.25 bits per heavy atom. The number of aryl methyl sites for hydroxylation is 1. The molecular formula is C21H24N2O4S. The number of ether oxygens (including phenoxy) is 1. The van der Waals surface area contributed by atoms with Crippen molar-refractivity contribution in [1.29, 1.82) is 0 Å². The molecule has 1 amide bonds. The van der Waals surface area contributed by atoms with E-state index in [-0.39, 0.29) is 24.3 Å². The van der Waals surface area contributed by atoms with Gasteiger partial charge in [-0.25, -0.2) is 4.79 Å². The van der Waals surface area contributed by atoms with Gasteiger partial charge in [-0.05, 0) is 52.0 Å². The summed E-state index contributed by atoms with van der Waals surface area (Å²) in [6, 6.07) is 7.13. The number of ketones is 1. The van der Waals surface area contributed by atoms with Crippen LogP contribution in [0.3, 0.4) is 0 Å². The summed E-state index contributed by atoms with van der Waals surface area (Å²) in [6.07, 6.45) is 0.433. The molecule has 1 aromatic carbocycles. The van der Waals surface area contributed by atoms with Gasteiger partial charge < -0.3 is 14.6 Å². The first-order chi connectivity index (χ1) is 13.3. The topological polar surface area (TPSA) is 77.4 Å². The molecule has 0 bridgehead atoms. The van der Waals surface area contributed by atoms with E-state index in [4.69, 9.17) is 4.74 Å². The summed E-state index contributed by atoms with van der Waals surface area (Å²) in [5.41, 5.74) is 3.36. The van der Waals surface area contributed by atoms with Gasteiger partial charge in [0.05, 0.1) is 11.3 Å². The maximum Gasteiger partial charge on any atom is 0.338 e. The Hall–Kier alpha value is -2.54. The van der Waals surface area contributed by atoms with Gasteiger partial charge in [-0.15, -0.1) is 11.8 Å². The number of carbonyl (C=O) groups is 3. The Bertz CT molecular complexity index is 946. The molecule has 2 aromatic rings. The predicted molar refractivity (Wildman–Crippen MR) is 109 cm³/mol. The maximum absolute atomic E-state index is 12.6. The van der Waals surface area contributed by atoms with Crippen LogP contribution in [0.25, 0.3) is 0 Å². The summed E-state index contributed by atoms with van der Waals surface area (Å²) in [7, 11) is 0. The summed E-state index contributed by atoms with van der Waals surface area (Å²) >= 11 is 1.56. The van der Waals surface area contributed by atoms with Crippen LogP contribution in [-0.4, -0.2) is 34.6 Å². The molecule has 3 rings (SSSR count). The molecule has 0 aliphatic carbocycles. The van der Waals surface area contributed by atoms with E-state index >= 15 is 0 Å². The lowest BCUT2D eigenvalue weighted by Crippen LogP contribution is -2.16. The first-order valence-corrected chi connectivity index (χ1v) is 10.2. The zero-order chi connectivity index (χ0) is 20.4. The van der Waals surface area contributed by atoms with E-state index in [1.54, 1.807) is 30.0 Å². The van der Waals surface area contributed by atoms with Gasteiger partial charge in [-0.1, -0.05) is 0 Å². The Labute approximate surface area is 168 Å². The van der Waals surface area contributed by atoms with Crippen molar-refractivity contribution >= 4 is 35.1 Å². The monoisotopic (exact) mass is 400 g/mol. The van der Waals surface area contributed by atoms with Crippen LogP contribution in [0.1, 0.15) is 58.4 Å². The zero-order valence-electron chi connectivity index (χ0n) is 16.5. The van der Waals surface area contributed by atoms with Crippen LogP contribution in [0.15, 0.2) is 29.2 Å². The van der Waals surface area contributed by atoms with E-state index in [9.17, 15) is 14.4 Å². The number of esters is 1. The van der Waals surface area contributed by atoms with Crippen LogP contribution in [0.5, 0.6) is 0 Å². The lowest BCUT2D eigenvalue weighted by molar-refractivity contribution is -0.115. The highest BCUT2D eigenvalue weighted by Crippen LogP contribution is 2.31. The van der Waals surface area contributed by atoms with E-state index in [2.05, 4.69) is 23.7 Å². The normalized spacial score (nSPS) is 13.7. The third-order valence-electron chi connectivity index (χ3n) is 4.71. The van der Waals surface area contributed by atoms with Crippen molar-refractivity contribution in [1.82, 2.24) is 4.57 Å². The fraction of sp³-hybridized carbons (Fsp3) is 0.381. The first-order valence-electron chi connectivity index (χ1n) is 9.23. The van der Waals surface area contributed by atoms with Crippen molar-refractivity contribution in [2.75, 3.05) is 17.7 Å². The molecule has 6 nitrogen and oxygen atoms in total. The fourth-order valence-electron chi connectivity index (χ4n) is 3.49. The average molecular weight is 401 g/mol. The number of benzene rings is 1. The molecule has 28 heavy (non-hydrogen) atoms. The Kier molecular flexibility index (Phi) is 5.93. The lowest BCUT2D eigenvalue weighted by atomic mass is 10.1. The van der Waals surface area contributed by atoms with Crippen molar-refractivity contribution < 1.29 is 19.1 Å². The number of thioether (sulfide) groups is 1. The second-order valence-corrected chi connectivity index (χ2v) is 8.24. The standard InChI is InChI=1S/C21H24N2O4S/c1-12(2)23-13(3)9-16(14(23)4)18(24)11-27-21(26)15-5-6-19-17(10-15)22-20(25)7-8-28-19/h5-6,9-10,12H,7-8,11H2,1-4H3,(H,22,25).